The van der Waals surface area contributed by atoms with Gasteiger partial charge in [-0.1, -0.05) is 36.4 Å². The van der Waals surface area contributed by atoms with Gasteiger partial charge in [-0.25, -0.2) is 0 Å². The van der Waals surface area contributed by atoms with Gasteiger partial charge in [0, 0.05) is 46.1 Å². The standard InChI is InChI=1S/C21H13NS2.Ir/c1-3-9-17-14(6-1)12-19(23-17)16-8-5-11-22-21(16)20-13-15-7-2-4-10-18(15)24-20;/h1-13H;. The summed E-state index contributed by atoms with van der Waals surface area (Å²) >= 11 is 3.64. The summed E-state index contributed by atoms with van der Waals surface area (Å²) in [7, 11) is 0. The summed E-state index contributed by atoms with van der Waals surface area (Å²) in [6.45, 7) is 0. The Balaban J connectivity index is 0.00000157. The molecule has 5 rings (SSSR count). The normalized spacial score (nSPS) is 10.9. The number of benzene rings is 2. The van der Waals surface area contributed by atoms with E-state index >= 15 is 0 Å². The minimum absolute atomic E-state index is 0. The van der Waals surface area contributed by atoms with Crippen LogP contribution in [-0.2, 0) is 20.1 Å². The molecule has 1 nitrogen and oxygen atoms in total. The monoisotopic (exact) mass is 536 g/mol. The van der Waals surface area contributed by atoms with Gasteiger partial charge >= 0.3 is 0 Å². The molecule has 0 atom stereocenters. The molecule has 2 aromatic carbocycles. The van der Waals surface area contributed by atoms with Gasteiger partial charge in [0.05, 0.1) is 10.6 Å². The molecule has 0 saturated carbocycles. The number of thiophene rings is 2. The van der Waals surface area contributed by atoms with E-state index in [-0.39, 0.29) is 20.1 Å². The number of hydrogen-bond donors (Lipinski definition) is 0. The van der Waals surface area contributed by atoms with Crippen LogP contribution in [0.1, 0.15) is 0 Å². The third-order valence-corrected chi connectivity index (χ3v) is 6.43. The Morgan fingerprint density at radius 2 is 1.24 bits per heavy atom. The maximum atomic E-state index is 4.71. The quantitative estimate of drug-likeness (QED) is 0.241. The van der Waals surface area contributed by atoms with Gasteiger partial charge in [0.1, 0.15) is 0 Å². The average Bonchev–Trinajstić information content (AvgIpc) is 3.25. The van der Waals surface area contributed by atoms with Crippen molar-refractivity contribution >= 4 is 42.8 Å². The van der Waals surface area contributed by atoms with Crippen molar-refractivity contribution in [1.29, 1.82) is 0 Å². The fraction of sp³-hybridized carbons (Fsp3) is 0. The molecular weight excluding hydrogens is 523 g/mol. The van der Waals surface area contributed by atoms with Gasteiger partial charge < -0.3 is 0 Å². The number of aromatic nitrogens is 1. The predicted molar refractivity (Wildman–Crippen MR) is 106 cm³/mol. The molecule has 1 radical (unpaired) electrons. The van der Waals surface area contributed by atoms with Crippen molar-refractivity contribution in [2.45, 2.75) is 0 Å². The van der Waals surface area contributed by atoms with E-state index in [9.17, 15) is 0 Å². The molecule has 3 aromatic heterocycles. The van der Waals surface area contributed by atoms with Crippen molar-refractivity contribution in [3.8, 4) is 21.0 Å². The Kier molecular flexibility index (Phi) is 4.53. The number of hydrogen-bond acceptors (Lipinski definition) is 3. The van der Waals surface area contributed by atoms with E-state index in [0.717, 1.165) is 5.69 Å². The third-order valence-electron chi connectivity index (χ3n) is 4.16. The molecule has 3 heterocycles. The van der Waals surface area contributed by atoms with E-state index in [1.165, 1.54) is 35.5 Å². The van der Waals surface area contributed by atoms with Crippen molar-refractivity contribution in [2.24, 2.45) is 0 Å². The van der Waals surface area contributed by atoms with Crippen molar-refractivity contribution in [3.63, 3.8) is 0 Å². The Morgan fingerprint density at radius 1 is 0.640 bits per heavy atom. The van der Waals surface area contributed by atoms with Crippen molar-refractivity contribution < 1.29 is 20.1 Å². The zero-order valence-electron chi connectivity index (χ0n) is 13.1. The molecule has 123 valence electrons. The summed E-state index contributed by atoms with van der Waals surface area (Å²) in [5.74, 6) is 0. The minimum atomic E-state index is 0. The molecule has 0 N–H and O–H groups in total. The van der Waals surface area contributed by atoms with Gasteiger partial charge in [0.2, 0.25) is 0 Å². The maximum absolute atomic E-state index is 4.71. The van der Waals surface area contributed by atoms with E-state index in [1.807, 2.05) is 34.9 Å². The van der Waals surface area contributed by atoms with Crippen molar-refractivity contribution in [2.75, 3.05) is 0 Å². The number of nitrogens with zero attached hydrogens (tertiary/aromatic N) is 1. The van der Waals surface area contributed by atoms with E-state index in [0.29, 0.717) is 0 Å². The molecule has 0 spiro atoms. The third kappa shape index (κ3) is 2.96. The first kappa shape index (κ1) is 16.6. The summed E-state index contributed by atoms with van der Waals surface area (Å²) in [4.78, 5) is 7.21. The van der Waals surface area contributed by atoms with Gasteiger partial charge in [0.25, 0.3) is 0 Å². The van der Waals surface area contributed by atoms with Crippen LogP contribution in [0.4, 0.5) is 0 Å². The molecular formula is C21H13IrNS2. The largest absolute Gasteiger partial charge is 0.255 e. The Hall–Kier alpha value is -1.84. The zero-order chi connectivity index (χ0) is 15.9. The number of pyridine rings is 1. The Bertz CT molecular complexity index is 1010. The van der Waals surface area contributed by atoms with Gasteiger partial charge in [-0.3, -0.25) is 4.98 Å². The first-order valence-corrected chi connectivity index (χ1v) is 9.45. The average molecular weight is 536 g/mol. The summed E-state index contributed by atoms with van der Waals surface area (Å²) < 4.78 is 2.62. The van der Waals surface area contributed by atoms with E-state index in [1.54, 1.807) is 0 Å². The van der Waals surface area contributed by atoms with Gasteiger partial charge in [-0.15, -0.1) is 22.7 Å². The van der Waals surface area contributed by atoms with Crippen LogP contribution in [-0.4, -0.2) is 4.98 Å². The van der Waals surface area contributed by atoms with E-state index in [2.05, 4.69) is 66.7 Å². The van der Waals surface area contributed by atoms with Crippen LogP contribution >= 0.6 is 22.7 Å². The van der Waals surface area contributed by atoms with Crippen molar-refractivity contribution in [3.05, 3.63) is 79.0 Å². The van der Waals surface area contributed by atoms with Crippen LogP contribution < -0.4 is 0 Å². The van der Waals surface area contributed by atoms with Gasteiger partial charge in [-0.05, 0) is 47.2 Å². The van der Waals surface area contributed by atoms with Crippen LogP contribution in [0.25, 0.3) is 41.2 Å². The zero-order valence-corrected chi connectivity index (χ0v) is 17.1. The minimum Gasteiger partial charge on any atom is -0.255 e. The molecule has 0 unspecified atom stereocenters. The SMILES string of the molecule is [Ir].c1cnc(-c2cc3ccccc3s2)c(-c2cc3ccccc3s2)c1. The molecule has 0 amide bonds. The smallest absolute Gasteiger partial charge is 0.0888 e. The first-order valence-electron chi connectivity index (χ1n) is 7.81. The van der Waals surface area contributed by atoms with Gasteiger partial charge in [0.15, 0.2) is 0 Å². The number of rotatable bonds is 2. The predicted octanol–water partition coefficient (Wildman–Crippen LogP) is 6.84. The van der Waals surface area contributed by atoms with Crippen LogP contribution in [0.3, 0.4) is 0 Å². The molecule has 4 heteroatoms. The fourth-order valence-electron chi connectivity index (χ4n) is 3.01. The van der Waals surface area contributed by atoms with Crippen LogP contribution in [0.5, 0.6) is 0 Å². The second-order valence-electron chi connectivity index (χ2n) is 5.70. The number of fused-ring (bicyclic) bond motifs is 2. The van der Waals surface area contributed by atoms with Crippen LogP contribution in [0, 0.1) is 0 Å². The summed E-state index contributed by atoms with van der Waals surface area (Å²) in [5, 5.41) is 2.58. The van der Waals surface area contributed by atoms with E-state index < -0.39 is 0 Å². The van der Waals surface area contributed by atoms with Crippen LogP contribution in [0.15, 0.2) is 79.0 Å². The van der Waals surface area contributed by atoms with Crippen molar-refractivity contribution in [1.82, 2.24) is 4.98 Å². The van der Waals surface area contributed by atoms with E-state index in [4.69, 9.17) is 4.98 Å². The molecule has 0 aliphatic carbocycles. The summed E-state index contributed by atoms with van der Waals surface area (Å²) in [5.41, 5.74) is 2.29. The Morgan fingerprint density at radius 3 is 1.92 bits per heavy atom. The summed E-state index contributed by atoms with van der Waals surface area (Å²) in [6.07, 6.45) is 1.89. The topological polar surface area (TPSA) is 12.9 Å². The van der Waals surface area contributed by atoms with Gasteiger partial charge in [-0.2, -0.15) is 0 Å². The molecule has 0 saturated heterocycles. The molecule has 25 heavy (non-hydrogen) atoms. The molecule has 5 aromatic rings. The molecule has 0 aliphatic heterocycles. The fourth-order valence-corrected chi connectivity index (χ4v) is 5.18. The molecule has 0 fully saturated rings. The van der Waals surface area contributed by atoms with Crippen LogP contribution in [0.2, 0.25) is 0 Å². The maximum Gasteiger partial charge on any atom is 0.0888 e. The molecule has 0 aliphatic rings. The second kappa shape index (κ2) is 6.81. The second-order valence-corrected chi connectivity index (χ2v) is 7.86. The first-order chi connectivity index (χ1) is 11.9. The summed E-state index contributed by atoms with van der Waals surface area (Å²) in [6, 6.07) is 25.8. The Labute approximate surface area is 167 Å². The molecule has 0 bridgehead atoms.